The van der Waals surface area contributed by atoms with E-state index in [1.54, 1.807) is 36.8 Å². The molecule has 7 heteroatoms. The molecule has 5 nitrogen and oxygen atoms in total. The number of carbonyl (C=O) groups is 2. The van der Waals surface area contributed by atoms with E-state index < -0.39 is 0 Å². The highest BCUT2D eigenvalue weighted by atomic mass is 35.5. The summed E-state index contributed by atoms with van der Waals surface area (Å²) in [7, 11) is 2.55. The maximum Gasteiger partial charge on any atom is 0.248 e. The molecule has 0 fully saturated rings. The fraction of sp³-hybridized carbons (Fsp3) is 0.217. The van der Waals surface area contributed by atoms with Crippen LogP contribution in [-0.4, -0.2) is 31.5 Å². The van der Waals surface area contributed by atoms with Gasteiger partial charge in [0.2, 0.25) is 5.91 Å². The summed E-state index contributed by atoms with van der Waals surface area (Å²) in [5.74, 6) is 0.281. The van der Waals surface area contributed by atoms with Crippen LogP contribution in [0.25, 0.3) is 10.4 Å². The summed E-state index contributed by atoms with van der Waals surface area (Å²) in [6, 6.07) is 7.21. The van der Waals surface area contributed by atoms with Crippen LogP contribution < -0.4 is 5.32 Å². The lowest BCUT2D eigenvalue weighted by Crippen LogP contribution is -2.09. The Morgan fingerprint density at radius 2 is 1.87 bits per heavy atom. The molecule has 0 aliphatic rings. The Morgan fingerprint density at radius 3 is 2.37 bits per heavy atom. The van der Waals surface area contributed by atoms with Gasteiger partial charge in [-0.3, -0.25) is 9.59 Å². The van der Waals surface area contributed by atoms with Crippen molar-refractivity contribution in [1.29, 1.82) is 0 Å². The molecule has 0 saturated heterocycles. The molecule has 1 heterocycles. The monoisotopic (exact) mass is 449 g/mol. The number of benzene rings is 1. The fourth-order valence-corrected chi connectivity index (χ4v) is 3.26. The minimum atomic E-state index is -0.331. The SMILES string of the molecule is C=CC.CC/C=C(/C=C/C(=O)Nc1csc(-c2ccc(Cl)cc2)c1C=O)OC.CO. The third-order valence-electron chi connectivity index (χ3n) is 3.35. The van der Waals surface area contributed by atoms with E-state index in [9.17, 15) is 9.59 Å². The Morgan fingerprint density at radius 1 is 1.27 bits per heavy atom. The first kappa shape index (κ1) is 27.3. The van der Waals surface area contributed by atoms with Crippen molar-refractivity contribution >= 4 is 40.8 Å². The number of amides is 1. The molecule has 0 saturated carbocycles. The van der Waals surface area contributed by atoms with Crippen LogP contribution in [0.3, 0.4) is 0 Å². The number of aliphatic hydroxyl groups excluding tert-OH is 1. The number of aldehydes is 1. The Hall–Kier alpha value is -2.67. The highest BCUT2D eigenvalue weighted by Gasteiger charge is 2.14. The van der Waals surface area contributed by atoms with Gasteiger partial charge >= 0.3 is 0 Å². The van der Waals surface area contributed by atoms with E-state index in [2.05, 4.69) is 11.9 Å². The van der Waals surface area contributed by atoms with Crippen LogP contribution in [0.4, 0.5) is 5.69 Å². The number of nitrogens with one attached hydrogen (secondary N) is 1. The zero-order chi connectivity index (χ0) is 22.9. The Kier molecular flexibility index (Phi) is 14.7. The van der Waals surface area contributed by atoms with Crippen molar-refractivity contribution in [2.24, 2.45) is 0 Å². The summed E-state index contributed by atoms with van der Waals surface area (Å²) in [4.78, 5) is 24.4. The van der Waals surface area contributed by atoms with Crippen molar-refractivity contribution in [3.05, 3.63) is 76.9 Å². The average molecular weight is 450 g/mol. The number of thiophene rings is 1. The van der Waals surface area contributed by atoms with Crippen LogP contribution in [0.1, 0.15) is 30.6 Å². The zero-order valence-electron chi connectivity index (χ0n) is 17.6. The van der Waals surface area contributed by atoms with Crippen molar-refractivity contribution in [1.82, 2.24) is 0 Å². The fourth-order valence-electron chi connectivity index (χ4n) is 2.16. The van der Waals surface area contributed by atoms with Gasteiger partial charge in [0.05, 0.1) is 18.4 Å². The van der Waals surface area contributed by atoms with Crippen LogP contribution in [0.15, 0.2) is 66.3 Å². The summed E-state index contributed by atoms with van der Waals surface area (Å²) in [5.41, 5.74) is 1.81. The van der Waals surface area contributed by atoms with Gasteiger partial charge in [-0.2, -0.15) is 0 Å². The molecule has 2 aromatic rings. The molecule has 1 aromatic heterocycles. The standard InChI is InChI=1S/C19H18ClNO3S.C3H6.CH4O/c1-3-4-15(24-2)9-10-18(23)21-17-12-25-19(16(17)11-22)13-5-7-14(20)8-6-13;1-3-2;1-2/h4-12H,3H2,1-2H3,(H,21,23);3H,1H2,2H3;2H,1H3/b10-9+,15-4-;;. The predicted molar refractivity (Wildman–Crippen MR) is 127 cm³/mol. The predicted octanol–water partition coefficient (Wildman–Crippen LogP) is 6.12. The van der Waals surface area contributed by atoms with E-state index >= 15 is 0 Å². The van der Waals surface area contributed by atoms with Crippen LogP contribution in [-0.2, 0) is 9.53 Å². The molecule has 0 unspecified atom stereocenters. The third kappa shape index (κ3) is 9.22. The number of aliphatic hydroxyl groups is 1. The second-order valence-corrected chi connectivity index (χ2v) is 6.78. The van der Waals surface area contributed by atoms with E-state index in [0.717, 1.165) is 30.3 Å². The first-order valence-electron chi connectivity index (χ1n) is 9.08. The molecule has 1 aromatic carbocycles. The van der Waals surface area contributed by atoms with Crippen molar-refractivity contribution in [3.63, 3.8) is 0 Å². The van der Waals surface area contributed by atoms with Gasteiger partial charge in [0.1, 0.15) is 5.76 Å². The highest BCUT2D eigenvalue weighted by molar-refractivity contribution is 7.14. The molecule has 2 N–H and O–H groups in total. The van der Waals surface area contributed by atoms with E-state index in [-0.39, 0.29) is 5.91 Å². The van der Waals surface area contributed by atoms with Gasteiger partial charge in [0, 0.05) is 28.5 Å². The summed E-state index contributed by atoms with van der Waals surface area (Å²) in [5, 5.41) is 12.1. The summed E-state index contributed by atoms with van der Waals surface area (Å²) < 4.78 is 5.14. The van der Waals surface area contributed by atoms with Crippen LogP contribution in [0.2, 0.25) is 5.02 Å². The average Bonchev–Trinajstić information content (AvgIpc) is 3.16. The molecular formula is C23H28ClNO4S. The number of allylic oxidation sites excluding steroid dienone is 3. The molecule has 1 amide bonds. The first-order valence-corrected chi connectivity index (χ1v) is 10.3. The van der Waals surface area contributed by atoms with Crippen LogP contribution in [0.5, 0.6) is 0 Å². The molecule has 0 spiro atoms. The third-order valence-corrected chi connectivity index (χ3v) is 4.65. The smallest absolute Gasteiger partial charge is 0.248 e. The quantitative estimate of drug-likeness (QED) is 0.175. The van der Waals surface area contributed by atoms with Crippen LogP contribution >= 0.6 is 22.9 Å². The second kappa shape index (κ2) is 16.2. The molecule has 0 bridgehead atoms. The number of hydrogen-bond acceptors (Lipinski definition) is 5. The lowest BCUT2D eigenvalue weighted by molar-refractivity contribution is -0.111. The number of hydrogen-bond donors (Lipinski definition) is 2. The largest absolute Gasteiger partial charge is 0.497 e. The van der Waals surface area contributed by atoms with Crippen molar-refractivity contribution in [2.45, 2.75) is 20.3 Å². The van der Waals surface area contributed by atoms with Gasteiger partial charge in [-0.15, -0.1) is 17.9 Å². The molecule has 0 atom stereocenters. The summed E-state index contributed by atoms with van der Waals surface area (Å²) in [6.45, 7) is 7.23. The maximum atomic E-state index is 12.1. The lowest BCUT2D eigenvalue weighted by Gasteiger charge is -2.03. The number of carbonyl (C=O) groups excluding carboxylic acids is 2. The summed E-state index contributed by atoms with van der Waals surface area (Å²) in [6.07, 6.45) is 8.13. The van der Waals surface area contributed by atoms with Gasteiger partial charge in [-0.1, -0.05) is 36.7 Å². The number of anilines is 1. The van der Waals surface area contributed by atoms with Gasteiger partial charge < -0.3 is 15.2 Å². The molecular weight excluding hydrogens is 422 g/mol. The number of ether oxygens (including phenoxy) is 1. The van der Waals surface area contributed by atoms with E-state index in [0.29, 0.717) is 22.0 Å². The van der Waals surface area contributed by atoms with Gasteiger partial charge in [-0.25, -0.2) is 0 Å². The second-order valence-electron chi connectivity index (χ2n) is 5.47. The molecule has 0 radical (unpaired) electrons. The Labute approximate surface area is 187 Å². The lowest BCUT2D eigenvalue weighted by atomic mass is 10.1. The molecule has 162 valence electrons. The van der Waals surface area contributed by atoms with Gasteiger partial charge in [-0.05, 0) is 43.2 Å². The Balaban J connectivity index is 0.00000154. The molecule has 0 aliphatic carbocycles. The van der Waals surface area contributed by atoms with Crippen molar-refractivity contribution < 1.29 is 19.4 Å². The minimum Gasteiger partial charge on any atom is -0.497 e. The minimum absolute atomic E-state index is 0.331. The molecule has 30 heavy (non-hydrogen) atoms. The number of methoxy groups -OCH3 is 1. The van der Waals surface area contributed by atoms with Gasteiger partial charge in [0.25, 0.3) is 0 Å². The zero-order valence-corrected chi connectivity index (χ0v) is 19.2. The van der Waals surface area contributed by atoms with Gasteiger partial charge in [0.15, 0.2) is 6.29 Å². The topological polar surface area (TPSA) is 75.6 Å². The van der Waals surface area contributed by atoms with E-state index in [1.807, 2.05) is 32.1 Å². The van der Waals surface area contributed by atoms with Crippen molar-refractivity contribution in [2.75, 3.05) is 19.5 Å². The molecule has 0 aliphatic heterocycles. The highest BCUT2D eigenvalue weighted by Crippen LogP contribution is 2.35. The number of halogens is 1. The Bertz CT molecular complexity index is 855. The summed E-state index contributed by atoms with van der Waals surface area (Å²) >= 11 is 7.29. The number of rotatable bonds is 7. The van der Waals surface area contributed by atoms with Crippen LogP contribution in [0, 0.1) is 0 Å². The van der Waals surface area contributed by atoms with E-state index in [1.165, 1.54) is 17.4 Å². The molecule has 2 rings (SSSR count). The van der Waals surface area contributed by atoms with Crippen molar-refractivity contribution in [3.8, 4) is 10.4 Å². The van der Waals surface area contributed by atoms with E-state index in [4.69, 9.17) is 21.4 Å². The normalized spacial score (nSPS) is 10.3. The first-order chi connectivity index (χ1) is 14.5. The maximum absolute atomic E-state index is 12.1.